The molecular formula is C14H20N2. The van der Waals surface area contributed by atoms with Crippen LogP contribution in [-0.4, -0.2) is 11.5 Å². The number of aromatic amines is 1. The normalized spacial score (nSPS) is 13.1. The standard InChI is InChI=1S/C14H20N2/c1-3-11(2)9-15-10-13-8-12-6-4-5-7-14(12)16-13/h4-8,11,15-16H,3,9-10H2,1-2H3. The smallest absolute Gasteiger partial charge is 0.0456 e. The number of fused-ring (bicyclic) bond motifs is 1. The molecule has 0 fully saturated rings. The van der Waals surface area contributed by atoms with Gasteiger partial charge in [0.1, 0.15) is 0 Å². The fourth-order valence-corrected chi connectivity index (χ4v) is 1.83. The molecule has 0 aliphatic rings. The van der Waals surface area contributed by atoms with Crippen molar-refractivity contribution in [3.05, 3.63) is 36.0 Å². The van der Waals surface area contributed by atoms with E-state index in [-0.39, 0.29) is 0 Å². The topological polar surface area (TPSA) is 27.8 Å². The zero-order valence-corrected chi connectivity index (χ0v) is 10.1. The summed E-state index contributed by atoms with van der Waals surface area (Å²) in [6.07, 6.45) is 1.24. The first-order valence-electron chi connectivity index (χ1n) is 6.07. The van der Waals surface area contributed by atoms with Crippen LogP contribution in [0.5, 0.6) is 0 Å². The van der Waals surface area contributed by atoms with Crippen LogP contribution in [0.2, 0.25) is 0 Å². The number of hydrogen-bond acceptors (Lipinski definition) is 1. The van der Waals surface area contributed by atoms with E-state index in [1.165, 1.54) is 23.0 Å². The molecule has 0 aliphatic heterocycles. The minimum absolute atomic E-state index is 0.754. The predicted molar refractivity (Wildman–Crippen MR) is 69.5 cm³/mol. The average Bonchev–Trinajstić information content (AvgIpc) is 2.71. The highest BCUT2D eigenvalue weighted by molar-refractivity contribution is 5.80. The number of H-pyrrole nitrogens is 1. The molecular weight excluding hydrogens is 196 g/mol. The maximum Gasteiger partial charge on any atom is 0.0456 e. The molecule has 0 saturated carbocycles. The van der Waals surface area contributed by atoms with Gasteiger partial charge in [-0.3, -0.25) is 0 Å². The number of nitrogens with one attached hydrogen (secondary N) is 2. The molecule has 0 spiro atoms. The van der Waals surface area contributed by atoms with E-state index in [0.717, 1.165) is 19.0 Å². The van der Waals surface area contributed by atoms with Crippen LogP contribution in [0.1, 0.15) is 26.0 Å². The first kappa shape index (κ1) is 11.2. The van der Waals surface area contributed by atoms with Gasteiger partial charge >= 0.3 is 0 Å². The molecule has 1 atom stereocenters. The van der Waals surface area contributed by atoms with Crippen LogP contribution in [0.25, 0.3) is 10.9 Å². The van der Waals surface area contributed by atoms with Crippen LogP contribution in [0.4, 0.5) is 0 Å². The summed E-state index contributed by atoms with van der Waals surface area (Å²) in [5, 5.41) is 4.78. The summed E-state index contributed by atoms with van der Waals surface area (Å²) < 4.78 is 0. The van der Waals surface area contributed by atoms with Crippen molar-refractivity contribution in [3.63, 3.8) is 0 Å². The first-order chi connectivity index (χ1) is 7.79. The Morgan fingerprint density at radius 3 is 2.88 bits per heavy atom. The van der Waals surface area contributed by atoms with Crippen molar-refractivity contribution in [2.45, 2.75) is 26.8 Å². The summed E-state index contributed by atoms with van der Waals surface area (Å²) in [4.78, 5) is 3.42. The van der Waals surface area contributed by atoms with E-state index in [4.69, 9.17) is 0 Å². The Bertz CT molecular complexity index is 412. The molecule has 86 valence electrons. The third kappa shape index (κ3) is 2.64. The Hall–Kier alpha value is -1.28. The molecule has 2 rings (SSSR count). The fraction of sp³-hybridized carbons (Fsp3) is 0.429. The van der Waals surface area contributed by atoms with Gasteiger partial charge in [0.25, 0.3) is 0 Å². The Kier molecular flexibility index (Phi) is 3.62. The highest BCUT2D eigenvalue weighted by atomic mass is 14.9. The van der Waals surface area contributed by atoms with Crippen molar-refractivity contribution in [2.24, 2.45) is 5.92 Å². The molecule has 1 aromatic carbocycles. The summed E-state index contributed by atoms with van der Waals surface area (Å²) in [6, 6.07) is 10.6. The lowest BCUT2D eigenvalue weighted by atomic mass is 10.1. The number of benzene rings is 1. The molecule has 0 aliphatic carbocycles. The molecule has 0 saturated heterocycles. The van der Waals surface area contributed by atoms with Gasteiger partial charge in [-0.15, -0.1) is 0 Å². The van der Waals surface area contributed by atoms with E-state index in [1.807, 2.05) is 0 Å². The van der Waals surface area contributed by atoms with Crippen LogP contribution in [0.15, 0.2) is 30.3 Å². The van der Waals surface area contributed by atoms with E-state index < -0.39 is 0 Å². The van der Waals surface area contributed by atoms with E-state index in [1.54, 1.807) is 0 Å². The molecule has 1 unspecified atom stereocenters. The quantitative estimate of drug-likeness (QED) is 0.788. The van der Waals surface area contributed by atoms with Crippen molar-refractivity contribution in [2.75, 3.05) is 6.54 Å². The molecule has 0 bridgehead atoms. The largest absolute Gasteiger partial charge is 0.357 e. The number of hydrogen-bond donors (Lipinski definition) is 2. The number of aromatic nitrogens is 1. The van der Waals surface area contributed by atoms with Crippen LogP contribution >= 0.6 is 0 Å². The van der Waals surface area contributed by atoms with Gasteiger partial charge in [-0.25, -0.2) is 0 Å². The Morgan fingerprint density at radius 1 is 1.31 bits per heavy atom. The average molecular weight is 216 g/mol. The second-order valence-corrected chi connectivity index (χ2v) is 4.53. The molecule has 2 nitrogen and oxygen atoms in total. The Balaban J connectivity index is 1.94. The Labute approximate surface area is 97.1 Å². The minimum atomic E-state index is 0.754. The van der Waals surface area contributed by atoms with Crippen LogP contribution in [0, 0.1) is 5.92 Å². The molecule has 2 aromatic rings. The van der Waals surface area contributed by atoms with Gasteiger partial charge in [-0.1, -0.05) is 38.5 Å². The summed E-state index contributed by atoms with van der Waals surface area (Å²) >= 11 is 0. The van der Waals surface area contributed by atoms with Crippen molar-refractivity contribution in [3.8, 4) is 0 Å². The maximum atomic E-state index is 3.48. The number of para-hydroxylation sites is 1. The van der Waals surface area contributed by atoms with E-state index in [2.05, 4.69) is 54.5 Å². The highest BCUT2D eigenvalue weighted by Gasteiger charge is 2.01. The van der Waals surface area contributed by atoms with Crippen molar-refractivity contribution < 1.29 is 0 Å². The van der Waals surface area contributed by atoms with Crippen molar-refractivity contribution in [1.82, 2.24) is 10.3 Å². The second kappa shape index (κ2) is 5.17. The lowest BCUT2D eigenvalue weighted by molar-refractivity contribution is 0.498. The van der Waals surface area contributed by atoms with Gasteiger partial charge in [0.05, 0.1) is 0 Å². The fourth-order valence-electron chi connectivity index (χ4n) is 1.83. The van der Waals surface area contributed by atoms with Gasteiger partial charge in [-0.2, -0.15) is 0 Å². The molecule has 1 aromatic heterocycles. The zero-order chi connectivity index (χ0) is 11.4. The summed E-state index contributed by atoms with van der Waals surface area (Å²) in [5.41, 5.74) is 2.49. The van der Waals surface area contributed by atoms with Gasteiger partial charge in [0.15, 0.2) is 0 Å². The van der Waals surface area contributed by atoms with E-state index >= 15 is 0 Å². The predicted octanol–water partition coefficient (Wildman–Crippen LogP) is 3.30. The molecule has 16 heavy (non-hydrogen) atoms. The Morgan fingerprint density at radius 2 is 2.12 bits per heavy atom. The lowest BCUT2D eigenvalue weighted by Gasteiger charge is -2.08. The van der Waals surface area contributed by atoms with Crippen LogP contribution in [-0.2, 0) is 6.54 Å². The second-order valence-electron chi connectivity index (χ2n) is 4.53. The van der Waals surface area contributed by atoms with Crippen LogP contribution in [0.3, 0.4) is 0 Å². The summed E-state index contributed by atoms with van der Waals surface area (Å²) in [6.45, 7) is 6.53. The van der Waals surface area contributed by atoms with Crippen molar-refractivity contribution in [1.29, 1.82) is 0 Å². The van der Waals surface area contributed by atoms with Gasteiger partial charge in [0, 0.05) is 17.8 Å². The SMILES string of the molecule is CCC(C)CNCc1cc2ccccc2[nH]1. The van der Waals surface area contributed by atoms with Crippen molar-refractivity contribution >= 4 is 10.9 Å². The molecule has 2 N–H and O–H groups in total. The van der Waals surface area contributed by atoms with Gasteiger partial charge in [-0.05, 0) is 30.0 Å². The molecule has 0 amide bonds. The minimum Gasteiger partial charge on any atom is -0.357 e. The first-order valence-corrected chi connectivity index (χ1v) is 6.07. The number of rotatable bonds is 5. The molecule has 2 heteroatoms. The summed E-state index contributed by atoms with van der Waals surface area (Å²) in [5.74, 6) is 0.754. The van der Waals surface area contributed by atoms with E-state index in [9.17, 15) is 0 Å². The molecule has 0 radical (unpaired) electrons. The lowest BCUT2D eigenvalue weighted by Crippen LogP contribution is -2.20. The van der Waals surface area contributed by atoms with Crippen LogP contribution < -0.4 is 5.32 Å². The molecule has 1 heterocycles. The van der Waals surface area contributed by atoms with E-state index in [0.29, 0.717) is 0 Å². The third-order valence-corrected chi connectivity index (χ3v) is 3.09. The zero-order valence-electron chi connectivity index (χ0n) is 10.1. The highest BCUT2D eigenvalue weighted by Crippen LogP contribution is 2.14. The summed E-state index contributed by atoms with van der Waals surface area (Å²) in [7, 11) is 0. The third-order valence-electron chi connectivity index (χ3n) is 3.09. The van der Waals surface area contributed by atoms with Gasteiger partial charge in [0.2, 0.25) is 0 Å². The maximum absolute atomic E-state index is 3.48. The monoisotopic (exact) mass is 216 g/mol. The van der Waals surface area contributed by atoms with Gasteiger partial charge < -0.3 is 10.3 Å².